The summed E-state index contributed by atoms with van der Waals surface area (Å²) >= 11 is 13.3. The second kappa shape index (κ2) is 8.00. The van der Waals surface area contributed by atoms with E-state index in [4.69, 9.17) is 28.9 Å². The maximum atomic E-state index is 12.1. The molecule has 1 amide bonds. The molecule has 0 saturated heterocycles. The highest BCUT2D eigenvalue weighted by molar-refractivity contribution is 7.14. The quantitative estimate of drug-likeness (QED) is 0.309. The number of hydrogen-bond donors (Lipinski definition) is 3. The lowest BCUT2D eigenvalue weighted by molar-refractivity contribution is 0.0955. The number of rotatable bonds is 4. The van der Waals surface area contributed by atoms with Crippen LogP contribution < -0.4 is 11.2 Å². The number of aromatic hydroxyl groups is 1. The number of nitrogens with one attached hydrogen (secondary N) is 1. The van der Waals surface area contributed by atoms with Crippen LogP contribution in [0.4, 0.5) is 5.69 Å². The normalized spacial score (nSPS) is 11.4. The van der Waals surface area contributed by atoms with Crippen molar-refractivity contribution in [3.05, 3.63) is 69.0 Å². The van der Waals surface area contributed by atoms with Crippen LogP contribution in [0.2, 0.25) is 10.0 Å². The molecule has 0 spiro atoms. The number of nitrogens with two attached hydrogens (primary N) is 1. The van der Waals surface area contributed by atoms with Gasteiger partial charge in [-0.15, -0.1) is 11.3 Å². The van der Waals surface area contributed by atoms with E-state index in [1.165, 1.54) is 11.3 Å². The van der Waals surface area contributed by atoms with E-state index >= 15 is 0 Å². The van der Waals surface area contributed by atoms with Crippen molar-refractivity contribution in [2.45, 2.75) is 6.92 Å². The number of hydrogen-bond acceptors (Lipinski definition) is 5. The predicted molar refractivity (Wildman–Crippen MR) is 112 cm³/mol. The van der Waals surface area contributed by atoms with Crippen LogP contribution in [0.3, 0.4) is 0 Å². The summed E-state index contributed by atoms with van der Waals surface area (Å²) in [6.45, 7) is 1.70. The third-order valence-corrected chi connectivity index (χ3v) is 5.59. The first-order valence-electron chi connectivity index (χ1n) is 7.83. The number of amides is 1. The molecule has 0 aliphatic rings. The van der Waals surface area contributed by atoms with Crippen molar-refractivity contribution in [2.24, 2.45) is 5.10 Å². The summed E-state index contributed by atoms with van der Waals surface area (Å²) in [5.41, 5.74) is 10.8. The molecule has 27 heavy (non-hydrogen) atoms. The second-order valence-corrected chi connectivity index (χ2v) is 7.41. The molecule has 1 aromatic heterocycles. The van der Waals surface area contributed by atoms with Crippen LogP contribution in [0.1, 0.15) is 22.8 Å². The molecule has 0 atom stereocenters. The molecule has 138 valence electrons. The maximum Gasteiger partial charge on any atom is 0.271 e. The van der Waals surface area contributed by atoms with E-state index in [1.54, 1.807) is 54.8 Å². The number of halogens is 2. The fourth-order valence-corrected chi connectivity index (χ4v) is 3.65. The Morgan fingerprint density at radius 2 is 1.85 bits per heavy atom. The standard InChI is InChI=1S/C19H15Cl2N3O2S/c1-10(23-24-19(26)11-2-5-13(22)6-3-11)14-9-27-18(17(14)25)12-4-7-15(20)16(21)8-12/h2-9,25H,22H2,1H3,(H,24,26)/b23-10+. The van der Waals surface area contributed by atoms with Gasteiger partial charge in [-0.3, -0.25) is 4.79 Å². The number of nitrogen functional groups attached to an aromatic ring is 1. The Hall–Kier alpha value is -2.54. The van der Waals surface area contributed by atoms with Crippen molar-refractivity contribution in [1.29, 1.82) is 0 Å². The maximum absolute atomic E-state index is 12.1. The number of hydrazone groups is 1. The van der Waals surface area contributed by atoms with Crippen LogP contribution in [0.5, 0.6) is 5.75 Å². The SMILES string of the molecule is C/C(=N\NC(=O)c1ccc(N)cc1)c1csc(-c2ccc(Cl)c(Cl)c2)c1O. The van der Waals surface area contributed by atoms with Crippen LogP contribution in [0, 0.1) is 0 Å². The van der Waals surface area contributed by atoms with Crippen molar-refractivity contribution < 1.29 is 9.90 Å². The number of anilines is 1. The monoisotopic (exact) mass is 419 g/mol. The van der Waals surface area contributed by atoms with Gasteiger partial charge in [-0.1, -0.05) is 29.3 Å². The van der Waals surface area contributed by atoms with Crippen molar-refractivity contribution >= 4 is 51.8 Å². The number of benzene rings is 2. The summed E-state index contributed by atoms with van der Waals surface area (Å²) < 4.78 is 0. The molecular formula is C19H15Cl2N3O2S. The highest BCUT2D eigenvalue weighted by Crippen LogP contribution is 2.40. The Morgan fingerprint density at radius 3 is 2.52 bits per heavy atom. The zero-order valence-electron chi connectivity index (χ0n) is 14.2. The van der Waals surface area contributed by atoms with E-state index in [2.05, 4.69) is 10.5 Å². The molecule has 0 unspecified atom stereocenters. The number of carbonyl (C=O) groups excluding carboxylic acids is 1. The van der Waals surface area contributed by atoms with Gasteiger partial charge in [0.15, 0.2) is 0 Å². The van der Waals surface area contributed by atoms with Gasteiger partial charge < -0.3 is 10.8 Å². The summed E-state index contributed by atoms with van der Waals surface area (Å²) in [6.07, 6.45) is 0. The molecule has 1 heterocycles. The Labute approximate surface area is 170 Å². The number of carbonyl (C=O) groups is 1. The Morgan fingerprint density at radius 1 is 1.15 bits per heavy atom. The third kappa shape index (κ3) is 4.24. The smallest absolute Gasteiger partial charge is 0.271 e. The lowest BCUT2D eigenvalue weighted by Gasteiger charge is -2.04. The van der Waals surface area contributed by atoms with E-state index in [9.17, 15) is 9.90 Å². The van der Waals surface area contributed by atoms with E-state index in [-0.39, 0.29) is 11.7 Å². The predicted octanol–water partition coefficient (Wildman–Crippen LogP) is 5.16. The van der Waals surface area contributed by atoms with Gasteiger partial charge in [0, 0.05) is 16.6 Å². The van der Waals surface area contributed by atoms with Gasteiger partial charge in [0.2, 0.25) is 0 Å². The zero-order chi connectivity index (χ0) is 19.6. The number of nitrogens with zero attached hydrogens (tertiary/aromatic N) is 1. The minimum absolute atomic E-state index is 0.0707. The molecule has 0 bridgehead atoms. The van der Waals surface area contributed by atoms with Crippen LogP contribution in [-0.4, -0.2) is 16.7 Å². The fourth-order valence-electron chi connectivity index (χ4n) is 2.34. The Balaban J connectivity index is 1.80. The first-order valence-corrected chi connectivity index (χ1v) is 9.47. The van der Waals surface area contributed by atoms with E-state index in [1.807, 2.05) is 0 Å². The number of thiophene rings is 1. The van der Waals surface area contributed by atoms with Gasteiger partial charge in [0.25, 0.3) is 5.91 Å². The van der Waals surface area contributed by atoms with Crippen molar-refractivity contribution in [1.82, 2.24) is 5.43 Å². The highest BCUT2D eigenvalue weighted by atomic mass is 35.5. The molecule has 8 heteroatoms. The van der Waals surface area contributed by atoms with Crippen molar-refractivity contribution in [3.8, 4) is 16.2 Å². The molecule has 0 aliphatic heterocycles. The Kier molecular flexibility index (Phi) is 5.70. The van der Waals surface area contributed by atoms with Crippen LogP contribution >= 0.6 is 34.5 Å². The van der Waals surface area contributed by atoms with Gasteiger partial charge in [-0.2, -0.15) is 5.10 Å². The molecule has 4 N–H and O–H groups in total. The summed E-state index contributed by atoms with van der Waals surface area (Å²) in [5.74, 6) is -0.296. The average Bonchev–Trinajstić information content (AvgIpc) is 3.04. The van der Waals surface area contributed by atoms with Gasteiger partial charge in [-0.25, -0.2) is 5.43 Å². The average molecular weight is 420 g/mol. The summed E-state index contributed by atoms with van der Waals surface area (Å²) in [7, 11) is 0. The lowest BCUT2D eigenvalue weighted by atomic mass is 10.1. The minimum Gasteiger partial charge on any atom is -0.506 e. The second-order valence-electron chi connectivity index (χ2n) is 5.72. The third-order valence-electron chi connectivity index (χ3n) is 3.83. The van der Waals surface area contributed by atoms with Gasteiger partial charge in [0.05, 0.1) is 26.2 Å². The molecule has 0 fully saturated rings. The summed E-state index contributed by atoms with van der Waals surface area (Å²) in [6, 6.07) is 11.6. The van der Waals surface area contributed by atoms with Gasteiger partial charge in [0.1, 0.15) is 5.75 Å². The Bertz CT molecular complexity index is 1030. The molecular weight excluding hydrogens is 405 g/mol. The van der Waals surface area contributed by atoms with Gasteiger partial charge in [-0.05, 0) is 48.9 Å². The molecule has 2 aromatic carbocycles. The van der Waals surface area contributed by atoms with Crippen molar-refractivity contribution in [3.63, 3.8) is 0 Å². The van der Waals surface area contributed by atoms with Crippen LogP contribution in [-0.2, 0) is 0 Å². The lowest BCUT2D eigenvalue weighted by Crippen LogP contribution is -2.19. The molecule has 0 radical (unpaired) electrons. The topological polar surface area (TPSA) is 87.7 Å². The van der Waals surface area contributed by atoms with E-state index in [0.717, 1.165) is 5.56 Å². The first-order chi connectivity index (χ1) is 12.9. The van der Waals surface area contributed by atoms with Gasteiger partial charge >= 0.3 is 0 Å². The molecule has 3 rings (SSSR count). The first kappa shape index (κ1) is 19.2. The van der Waals surface area contributed by atoms with Crippen LogP contribution in [0.15, 0.2) is 52.9 Å². The van der Waals surface area contributed by atoms with Crippen LogP contribution in [0.25, 0.3) is 10.4 Å². The highest BCUT2D eigenvalue weighted by Gasteiger charge is 2.16. The molecule has 0 saturated carbocycles. The minimum atomic E-state index is -0.367. The summed E-state index contributed by atoms with van der Waals surface area (Å²) in [5, 5.41) is 17.2. The van der Waals surface area contributed by atoms with E-state index in [0.29, 0.717) is 37.4 Å². The largest absolute Gasteiger partial charge is 0.506 e. The van der Waals surface area contributed by atoms with E-state index < -0.39 is 0 Å². The zero-order valence-corrected chi connectivity index (χ0v) is 16.5. The summed E-state index contributed by atoms with van der Waals surface area (Å²) in [4.78, 5) is 12.8. The molecule has 0 aliphatic carbocycles. The van der Waals surface area contributed by atoms with Crippen molar-refractivity contribution in [2.75, 3.05) is 5.73 Å². The fraction of sp³-hybridized carbons (Fsp3) is 0.0526. The molecule has 5 nitrogen and oxygen atoms in total. The molecule has 3 aromatic rings.